The maximum Gasteiger partial charge on any atom is 0.225 e. The molecule has 1 amide bonds. The van der Waals surface area contributed by atoms with Crippen LogP contribution >= 0.6 is 0 Å². The average Bonchev–Trinajstić information content (AvgIpc) is 3.00. The lowest BCUT2D eigenvalue weighted by Crippen LogP contribution is -2.51. The summed E-state index contributed by atoms with van der Waals surface area (Å²) in [4.78, 5) is 25.3. The summed E-state index contributed by atoms with van der Waals surface area (Å²) in [5.41, 5.74) is 0.957. The average molecular weight is 326 g/mol. The number of rotatable bonds is 3. The molecule has 1 aliphatic carbocycles. The minimum absolute atomic E-state index is 0.283. The van der Waals surface area contributed by atoms with Crippen molar-refractivity contribution in [3.63, 3.8) is 0 Å². The number of aryl methyl sites for hydroxylation is 1. The quantitative estimate of drug-likeness (QED) is 0.853. The predicted molar refractivity (Wildman–Crippen MR) is 90.0 cm³/mol. The molecule has 0 radical (unpaired) electrons. The van der Waals surface area contributed by atoms with Crippen molar-refractivity contribution in [2.24, 2.45) is 5.92 Å². The van der Waals surface area contributed by atoms with Gasteiger partial charge in [0.2, 0.25) is 5.91 Å². The Hall–Kier alpha value is -2.44. The second-order valence-corrected chi connectivity index (χ2v) is 6.58. The third kappa shape index (κ3) is 2.86. The van der Waals surface area contributed by atoms with Crippen LogP contribution in [0.5, 0.6) is 0 Å². The van der Waals surface area contributed by atoms with Gasteiger partial charge in [-0.15, -0.1) is 0 Å². The van der Waals surface area contributed by atoms with Crippen molar-refractivity contribution in [1.29, 1.82) is 0 Å². The van der Waals surface area contributed by atoms with E-state index < -0.39 is 0 Å². The van der Waals surface area contributed by atoms with Crippen molar-refractivity contribution >= 4 is 11.7 Å². The van der Waals surface area contributed by atoms with Crippen molar-refractivity contribution in [2.45, 2.75) is 26.2 Å². The zero-order valence-corrected chi connectivity index (χ0v) is 13.9. The van der Waals surface area contributed by atoms with Crippen LogP contribution in [0.4, 0.5) is 5.82 Å². The van der Waals surface area contributed by atoms with Crippen LogP contribution in [0, 0.1) is 12.8 Å². The molecule has 24 heavy (non-hydrogen) atoms. The van der Waals surface area contributed by atoms with Crippen LogP contribution in [0.25, 0.3) is 5.82 Å². The zero-order valence-electron chi connectivity index (χ0n) is 13.9. The minimum Gasteiger partial charge on any atom is -0.353 e. The third-order valence-corrected chi connectivity index (χ3v) is 4.97. The van der Waals surface area contributed by atoms with Gasteiger partial charge in [-0.25, -0.2) is 14.6 Å². The first-order chi connectivity index (χ1) is 11.7. The molecule has 2 fully saturated rings. The second-order valence-electron chi connectivity index (χ2n) is 6.58. The Morgan fingerprint density at radius 3 is 2.50 bits per heavy atom. The first kappa shape index (κ1) is 15.1. The maximum absolute atomic E-state index is 12.3. The van der Waals surface area contributed by atoms with E-state index in [-0.39, 0.29) is 5.92 Å². The van der Waals surface area contributed by atoms with Gasteiger partial charge in [0, 0.05) is 44.4 Å². The number of amides is 1. The molecule has 2 aromatic rings. The summed E-state index contributed by atoms with van der Waals surface area (Å²) < 4.78 is 1.76. The number of hydrogen-bond acceptors (Lipinski definition) is 5. The van der Waals surface area contributed by atoms with E-state index in [1.807, 2.05) is 30.2 Å². The number of nitrogens with zero attached hydrogens (tertiary/aromatic N) is 6. The van der Waals surface area contributed by atoms with Crippen LogP contribution < -0.4 is 4.90 Å². The Bertz CT molecular complexity index is 730. The third-order valence-electron chi connectivity index (χ3n) is 4.97. The molecule has 0 spiro atoms. The van der Waals surface area contributed by atoms with Crippen molar-refractivity contribution in [3.05, 3.63) is 30.4 Å². The van der Waals surface area contributed by atoms with E-state index in [4.69, 9.17) is 0 Å². The Labute approximate surface area is 141 Å². The molecule has 126 valence electrons. The summed E-state index contributed by atoms with van der Waals surface area (Å²) in [5.74, 6) is 2.28. The highest BCUT2D eigenvalue weighted by Crippen LogP contribution is 2.28. The lowest BCUT2D eigenvalue weighted by atomic mass is 9.84. The van der Waals surface area contributed by atoms with Gasteiger partial charge in [0.05, 0.1) is 5.69 Å². The summed E-state index contributed by atoms with van der Waals surface area (Å²) in [5, 5.41) is 4.39. The summed E-state index contributed by atoms with van der Waals surface area (Å²) in [6, 6.07) is 3.91. The molecule has 3 heterocycles. The number of aromatic nitrogens is 4. The van der Waals surface area contributed by atoms with Gasteiger partial charge in [0.15, 0.2) is 5.82 Å². The van der Waals surface area contributed by atoms with Gasteiger partial charge in [0.1, 0.15) is 12.1 Å². The standard InChI is InChI=1S/C17H22N6O/c1-13-5-6-23(20-13)16-11-15(18-12-19-16)21-7-9-22(10-8-21)17(24)14-3-2-4-14/h5-6,11-12,14H,2-4,7-10H2,1H3. The number of anilines is 1. The first-order valence-corrected chi connectivity index (χ1v) is 8.59. The maximum atomic E-state index is 12.3. The number of carbonyl (C=O) groups is 1. The fourth-order valence-corrected chi connectivity index (χ4v) is 3.25. The highest BCUT2D eigenvalue weighted by atomic mass is 16.2. The number of carbonyl (C=O) groups excluding carboxylic acids is 1. The lowest BCUT2D eigenvalue weighted by molar-refractivity contribution is -0.138. The molecule has 0 aromatic carbocycles. The van der Waals surface area contributed by atoms with Crippen molar-refractivity contribution in [3.8, 4) is 5.82 Å². The van der Waals surface area contributed by atoms with E-state index in [2.05, 4.69) is 20.0 Å². The molecule has 2 aliphatic rings. The van der Waals surface area contributed by atoms with Crippen LogP contribution in [-0.2, 0) is 4.79 Å². The number of hydrogen-bond donors (Lipinski definition) is 0. The van der Waals surface area contributed by atoms with Gasteiger partial charge in [-0.05, 0) is 25.8 Å². The molecule has 0 unspecified atom stereocenters. The summed E-state index contributed by atoms with van der Waals surface area (Å²) in [6.45, 7) is 5.13. The van der Waals surface area contributed by atoms with Gasteiger partial charge in [-0.1, -0.05) is 6.42 Å². The molecule has 4 rings (SSSR count). The van der Waals surface area contributed by atoms with Crippen LogP contribution in [0.1, 0.15) is 25.0 Å². The van der Waals surface area contributed by atoms with E-state index in [0.29, 0.717) is 5.91 Å². The number of piperazine rings is 1. The highest BCUT2D eigenvalue weighted by Gasteiger charge is 2.31. The predicted octanol–water partition coefficient (Wildman–Crippen LogP) is 1.42. The summed E-state index contributed by atoms with van der Waals surface area (Å²) in [6.07, 6.45) is 6.81. The molecule has 0 bridgehead atoms. The Morgan fingerprint density at radius 2 is 1.88 bits per heavy atom. The van der Waals surface area contributed by atoms with Gasteiger partial charge >= 0.3 is 0 Å². The Morgan fingerprint density at radius 1 is 1.12 bits per heavy atom. The molecule has 1 saturated carbocycles. The fourth-order valence-electron chi connectivity index (χ4n) is 3.25. The molecule has 1 saturated heterocycles. The lowest BCUT2D eigenvalue weighted by Gasteiger charge is -2.38. The van der Waals surface area contributed by atoms with E-state index in [0.717, 1.165) is 56.4 Å². The Kier molecular flexibility index (Phi) is 3.92. The molecular weight excluding hydrogens is 304 g/mol. The smallest absolute Gasteiger partial charge is 0.225 e. The first-order valence-electron chi connectivity index (χ1n) is 8.59. The summed E-state index contributed by atoms with van der Waals surface area (Å²) in [7, 11) is 0. The monoisotopic (exact) mass is 326 g/mol. The molecule has 1 aliphatic heterocycles. The largest absolute Gasteiger partial charge is 0.353 e. The molecule has 2 aromatic heterocycles. The van der Waals surface area contributed by atoms with Crippen LogP contribution in [0.2, 0.25) is 0 Å². The van der Waals surface area contributed by atoms with Gasteiger partial charge < -0.3 is 9.80 Å². The van der Waals surface area contributed by atoms with E-state index in [1.165, 1.54) is 6.42 Å². The van der Waals surface area contributed by atoms with Crippen LogP contribution in [-0.4, -0.2) is 56.7 Å². The van der Waals surface area contributed by atoms with Crippen LogP contribution in [0.3, 0.4) is 0 Å². The Balaban J connectivity index is 1.43. The molecule has 0 N–H and O–H groups in total. The van der Waals surface area contributed by atoms with Gasteiger partial charge in [0.25, 0.3) is 0 Å². The second kappa shape index (κ2) is 6.22. The minimum atomic E-state index is 0.283. The molecule has 0 atom stereocenters. The van der Waals surface area contributed by atoms with E-state index in [9.17, 15) is 4.79 Å². The van der Waals surface area contributed by atoms with Crippen LogP contribution in [0.15, 0.2) is 24.7 Å². The highest BCUT2D eigenvalue weighted by molar-refractivity contribution is 5.79. The fraction of sp³-hybridized carbons (Fsp3) is 0.529. The van der Waals surface area contributed by atoms with Gasteiger partial charge in [-0.3, -0.25) is 4.79 Å². The normalized spacial score (nSPS) is 18.5. The van der Waals surface area contributed by atoms with E-state index in [1.54, 1.807) is 11.0 Å². The summed E-state index contributed by atoms with van der Waals surface area (Å²) >= 11 is 0. The molecular formula is C17H22N6O. The molecule has 7 heteroatoms. The SMILES string of the molecule is Cc1ccn(-c2cc(N3CCN(C(=O)C4CCC4)CC3)ncn2)n1. The van der Waals surface area contributed by atoms with Gasteiger partial charge in [-0.2, -0.15) is 5.10 Å². The molecule has 7 nitrogen and oxygen atoms in total. The van der Waals surface area contributed by atoms with E-state index >= 15 is 0 Å². The topological polar surface area (TPSA) is 67.2 Å². The van der Waals surface area contributed by atoms with Crippen molar-refractivity contribution < 1.29 is 4.79 Å². The zero-order chi connectivity index (χ0) is 16.5. The van der Waals surface area contributed by atoms with Crippen molar-refractivity contribution in [2.75, 3.05) is 31.1 Å². The van der Waals surface area contributed by atoms with Crippen molar-refractivity contribution in [1.82, 2.24) is 24.6 Å².